The van der Waals surface area contributed by atoms with Crippen LogP contribution in [0.3, 0.4) is 0 Å². The molecule has 0 aromatic heterocycles. The van der Waals surface area contributed by atoms with E-state index in [1.165, 1.54) is 23.2 Å². The van der Waals surface area contributed by atoms with Crippen molar-refractivity contribution < 1.29 is 4.74 Å². The number of rotatable bonds is 1. The molecule has 0 saturated carbocycles. The molecule has 68 valence electrons. The number of nitrogens with one attached hydrogen (secondary N) is 1. The molecule has 0 amide bonds. The van der Waals surface area contributed by atoms with Crippen molar-refractivity contribution in [3.05, 3.63) is 29.3 Å². The van der Waals surface area contributed by atoms with Crippen LogP contribution in [-0.4, -0.2) is 19.8 Å². The maximum absolute atomic E-state index is 5.23. The summed E-state index contributed by atoms with van der Waals surface area (Å²) in [5.74, 6) is 0.662. The van der Waals surface area contributed by atoms with E-state index in [-0.39, 0.29) is 0 Å². The Balaban J connectivity index is 2.04. The SMILES string of the molecule is c1cc2c(c(C3COC3)c1)CCN2. The number of anilines is 1. The van der Waals surface area contributed by atoms with E-state index in [1.54, 1.807) is 0 Å². The largest absolute Gasteiger partial charge is 0.384 e. The molecule has 2 nitrogen and oxygen atoms in total. The molecule has 2 aliphatic rings. The lowest BCUT2D eigenvalue weighted by Crippen LogP contribution is -2.25. The van der Waals surface area contributed by atoms with Crippen LogP contribution in [0.15, 0.2) is 18.2 Å². The van der Waals surface area contributed by atoms with Crippen LogP contribution >= 0.6 is 0 Å². The van der Waals surface area contributed by atoms with Gasteiger partial charge in [-0.1, -0.05) is 12.1 Å². The summed E-state index contributed by atoms with van der Waals surface area (Å²) in [6.45, 7) is 2.92. The first-order chi connectivity index (χ1) is 6.45. The Bertz CT molecular complexity index is 331. The quantitative estimate of drug-likeness (QED) is 0.702. The van der Waals surface area contributed by atoms with Crippen molar-refractivity contribution in [1.29, 1.82) is 0 Å². The molecule has 0 aliphatic carbocycles. The van der Waals surface area contributed by atoms with Gasteiger partial charge in [0.25, 0.3) is 0 Å². The Kier molecular flexibility index (Phi) is 1.56. The number of ether oxygens (including phenoxy) is 1. The van der Waals surface area contributed by atoms with E-state index in [1.807, 2.05) is 0 Å². The second-order valence-corrected chi connectivity index (χ2v) is 3.78. The van der Waals surface area contributed by atoms with Crippen LogP contribution in [-0.2, 0) is 11.2 Å². The molecule has 1 fully saturated rings. The fourth-order valence-electron chi connectivity index (χ4n) is 2.17. The van der Waals surface area contributed by atoms with Crippen molar-refractivity contribution in [1.82, 2.24) is 0 Å². The third-order valence-corrected chi connectivity index (χ3v) is 2.98. The number of hydrogen-bond acceptors (Lipinski definition) is 2. The lowest BCUT2D eigenvalue weighted by molar-refractivity contribution is 0.00815. The van der Waals surface area contributed by atoms with Gasteiger partial charge in [-0.2, -0.15) is 0 Å². The van der Waals surface area contributed by atoms with Crippen LogP contribution in [0.2, 0.25) is 0 Å². The summed E-state index contributed by atoms with van der Waals surface area (Å²) < 4.78 is 5.23. The van der Waals surface area contributed by atoms with E-state index in [2.05, 4.69) is 23.5 Å². The van der Waals surface area contributed by atoms with Crippen LogP contribution in [0.5, 0.6) is 0 Å². The number of benzene rings is 1. The molecule has 0 unspecified atom stereocenters. The summed E-state index contributed by atoms with van der Waals surface area (Å²) in [5.41, 5.74) is 4.37. The average molecular weight is 175 g/mol. The molecule has 2 heterocycles. The number of fused-ring (bicyclic) bond motifs is 1. The average Bonchev–Trinajstić information content (AvgIpc) is 2.49. The van der Waals surface area contributed by atoms with E-state index < -0.39 is 0 Å². The van der Waals surface area contributed by atoms with Crippen LogP contribution in [0.1, 0.15) is 17.0 Å². The van der Waals surface area contributed by atoms with E-state index in [9.17, 15) is 0 Å². The predicted octanol–water partition coefficient (Wildman–Crippen LogP) is 1.77. The first kappa shape index (κ1) is 7.39. The third kappa shape index (κ3) is 1.05. The molecule has 1 saturated heterocycles. The number of hydrogen-bond donors (Lipinski definition) is 1. The highest BCUT2D eigenvalue weighted by Crippen LogP contribution is 2.33. The van der Waals surface area contributed by atoms with Crippen molar-refractivity contribution in [2.45, 2.75) is 12.3 Å². The van der Waals surface area contributed by atoms with Crippen molar-refractivity contribution in [3.63, 3.8) is 0 Å². The molecule has 1 aromatic carbocycles. The predicted molar refractivity (Wildman–Crippen MR) is 52.2 cm³/mol. The van der Waals surface area contributed by atoms with Gasteiger partial charge in [-0.3, -0.25) is 0 Å². The topological polar surface area (TPSA) is 21.3 Å². The first-order valence-corrected chi connectivity index (χ1v) is 4.88. The van der Waals surface area contributed by atoms with E-state index >= 15 is 0 Å². The summed E-state index contributed by atoms with van der Waals surface area (Å²) in [7, 11) is 0. The minimum atomic E-state index is 0.662. The fourth-order valence-corrected chi connectivity index (χ4v) is 2.17. The van der Waals surface area contributed by atoms with Crippen LogP contribution < -0.4 is 5.32 Å². The second-order valence-electron chi connectivity index (χ2n) is 3.78. The molecule has 2 aliphatic heterocycles. The molecule has 2 heteroatoms. The van der Waals surface area contributed by atoms with Gasteiger partial charge < -0.3 is 10.1 Å². The Morgan fingerprint density at radius 1 is 1.31 bits per heavy atom. The van der Waals surface area contributed by atoms with Gasteiger partial charge in [-0.15, -0.1) is 0 Å². The normalized spacial score (nSPS) is 20.6. The van der Waals surface area contributed by atoms with Gasteiger partial charge >= 0.3 is 0 Å². The Morgan fingerprint density at radius 3 is 3.00 bits per heavy atom. The molecular formula is C11H13NO. The van der Waals surface area contributed by atoms with Crippen molar-refractivity contribution in [2.24, 2.45) is 0 Å². The van der Waals surface area contributed by atoms with Gasteiger partial charge in [0, 0.05) is 18.2 Å². The highest BCUT2D eigenvalue weighted by Gasteiger charge is 2.25. The summed E-state index contributed by atoms with van der Waals surface area (Å²) in [5, 5.41) is 3.40. The van der Waals surface area contributed by atoms with Gasteiger partial charge in [0.2, 0.25) is 0 Å². The minimum Gasteiger partial charge on any atom is -0.384 e. The monoisotopic (exact) mass is 175 g/mol. The zero-order chi connectivity index (χ0) is 8.67. The highest BCUT2D eigenvalue weighted by molar-refractivity contribution is 5.59. The van der Waals surface area contributed by atoms with Gasteiger partial charge in [0.15, 0.2) is 0 Å². The van der Waals surface area contributed by atoms with E-state index in [0.29, 0.717) is 5.92 Å². The maximum atomic E-state index is 5.23. The Hall–Kier alpha value is -1.02. The molecule has 13 heavy (non-hydrogen) atoms. The highest BCUT2D eigenvalue weighted by atomic mass is 16.5. The molecular weight excluding hydrogens is 162 g/mol. The minimum absolute atomic E-state index is 0.662. The lowest BCUT2D eigenvalue weighted by Gasteiger charge is -2.28. The van der Waals surface area contributed by atoms with Gasteiger partial charge in [0.1, 0.15) is 0 Å². The smallest absolute Gasteiger partial charge is 0.0557 e. The van der Waals surface area contributed by atoms with Gasteiger partial charge in [-0.25, -0.2) is 0 Å². The fraction of sp³-hybridized carbons (Fsp3) is 0.455. The molecule has 3 rings (SSSR count). The summed E-state index contributed by atoms with van der Waals surface area (Å²) in [6.07, 6.45) is 1.18. The molecule has 0 spiro atoms. The second kappa shape index (κ2) is 2.74. The lowest BCUT2D eigenvalue weighted by atomic mass is 9.91. The third-order valence-electron chi connectivity index (χ3n) is 2.98. The van der Waals surface area contributed by atoms with Crippen molar-refractivity contribution in [3.8, 4) is 0 Å². The molecule has 0 radical (unpaired) electrons. The zero-order valence-corrected chi connectivity index (χ0v) is 7.55. The van der Waals surface area contributed by atoms with Gasteiger partial charge in [-0.05, 0) is 23.6 Å². The van der Waals surface area contributed by atoms with Gasteiger partial charge in [0.05, 0.1) is 13.2 Å². The molecule has 1 N–H and O–H groups in total. The first-order valence-electron chi connectivity index (χ1n) is 4.88. The van der Waals surface area contributed by atoms with Crippen LogP contribution in [0.25, 0.3) is 0 Å². The van der Waals surface area contributed by atoms with Crippen LogP contribution in [0, 0.1) is 0 Å². The summed E-state index contributed by atoms with van der Waals surface area (Å²) in [4.78, 5) is 0. The molecule has 1 aromatic rings. The van der Waals surface area contributed by atoms with E-state index in [0.717, 1.165) is 19.8 Å². The zero-order valence-electron chi connectivity index (χ0n) is 7.55. The Morgan fingerprint density at radius 2 is 2.23 bits per heavy atom. The van der Waals surface area contributed by atoms with Crippen LogP contribution in [0.4, 0.5) is 5.69 Å². The standard InChI is InChI=1S/C11H13NO/c1-2-9(8-6-13-7-8)10-4-5-12-11(10)3-1/h1-3,8,12H,4-7H2. The van der Waals surface area contributed by atoms with Crippen molar-refractivity contribution in [2.75, 3.05) is 25.1 Å². The summed E-state index contributed by atoms with van der Waals surface area (Å²) in [6, 6.07) is 6.56. The Labute approximate surface area is 77.9 Å². The maximum Gasteiger partial charge on any atom is 0.0557 e. The summed E-state index contributed by atoms with van der Waals surface area (Å²) >= 11 is 0. The van der Waals surface area contributed by atoms with E-state index in [4.69, 9.17) is 4.74 Å². The molecule has 0 bridgehead atoms. The van der Waals surface area contributed by atoms with Crippen molar-refractivity contribution >= 4 is 5.69 Å². The molecule has 0 atom stereocenters.